The van der Waals surface area contributed by atoms with Gasteiger partial charge in [0, 0.05) is 19.7 Å². The molecular weight excluding hydrogens is 250 g/mol. The maximum absolute atomic E-state index is 4.33. The smallest absolute Gasteiger partial charge is 0.124 e. The van der Waals surface area contributed by atoms with Gasteiger partial charge in [-0.05, 0) is 26.3 Å². The van der Waals surface area contributed by atoms with E-state index in [0.717, 1.165) is 24.6 Å². The lowest BCUT2D eigenvalue weighted by Gasteiger charge is -2.09. The van der Waals surface area contributed by atoms with E-state index >= 15 is 0 Å². The fourth-order valence-electron chi connectivity index (χ4n) is 1.96. The predicted octanol–water partition coefficient (Wildman–Crippen LogP) is 2.29. The minimum absolute atomic E-state index is 0. The summed E-state index contributed by atoms with van der Waals surface area (Å²) in [5, 5.41) is 12.0. The van der Waals surface area contributed by atoms with Crippen molar-refractivity contribution in [3.63, 3.8) is 0 Å². The van der Waals surface area contributed by atoms with Crippen LogP contribution in [0, 0.1) is 13.8 Å². The first kappa shape index (κ1) is 14.6. The molecule has 2 aromatic heterocycles. The molecule has 5 nitrogen and oxygen atoms in total. The van der Waals surface area contributed by atoms with Crippen LogP contribution in [0.5, 0.6) is 0 Å². The van der Waals surface area contributed by atoms with Crippen molar-refractivity contribution in [3.05, 3.63) is 29.2 Å². The molecule has 0 unspecified atom stereocenters. The Morgan fingerprint density at radius 1 is 1.33 bits per heavy atom. The Balaban J connectivity index is 0.00000162. The lowest BCUT2D eigenvalue weighted by atomic mass is 10.2. The van der Waals surface area contributed by atoms with Crippen LogP contribution in [-0.2, 0) is 20.1 Å². The average Bonchev–Trinajstić information content (AvgIpc) is 2.79. The molecule has 2 heterocycles. The first-order valence-corrected chi connectivity index (χ1v) is 5.87. The molecule has 0 spiro atoms. The van der Waals surface area contributed by atoms with Crippen LogP contribution in [0.2, 0.25) is 0 Å². The number of nitrogens with one attached hydrogen (secondary N) is 1. The van der Waals surface area contributed by atoms with Crippen LogP contribution < -0.4 is 5.32 Å². The minimum atomic E-state index is 0. The molecule has 18 heavy (non-hydrogen) atoms. The molecule has 0 fully saturated rings. The molecule has 0 bridgehead atoms. The van der Waals surface area contributed by atoms with Gasteiger partial charge in [0.1, 0.15) is 5.82 Å². The summed E-state index contributed by atoms with van der Waals surface area (Å²) in [6, 6.07) is 2.04. The normalized spacial score (nSPS) is 10.2. The molecular formula is C12H20ClN5. The topological polar surface area (TPSA) is 47.7 Å². The van der Waals surface area contributed by atoms with Crippen molar-refractivity contribution < 1.29 is 0 Å². The van der Waals surface area contributed by atoms with E-state index in [9.17, 15) is 0 Å². The monoisotopic (exact) mass is 269 g/mol. The van der Waals surface area contributed by atoms with Crippen molar-refractivity contribution in [3.8, 4) is 0 Å². The maximum atomic E-state index is 4.33. The zero-order valence-electron chi connectivity index (χ0n) is 11.3. The molecule has 6 heteroatoms. The second kappa shape index (κ2) is 5.91. The van der Waals surface area contributed by atoms with Crippen molar-refractivity contribution in [2.75, 3.05) is 5.32 Å². The number of aryl methyl sites for hydroxylation is 4. The molecule has 100 valence electrons. The predicted molar refractivity (Wildman–Crippen MR) is 75.2 cm³/mol. The lowest BCUT2D eigenvalue weighted by Crippen LogP contribution is -2.10. The molecule has 0 aromatic carbocycles. The van der Waals surface area contributed by atoms with Gasteiger partial charge in [-0.2, -0.15) is 10.2 Å². The summed E-state index contributed by atoms with van der Waals surface area (Å²) in [6.45, 7) is 7.86. The van der Waals surface area contributed by atoms with Crippen LogP contribution in [0.3, 0.4) is 0 Å². The molecule has 0 radical (unpaired) electrons. The number of aromatic nitrogens is 4. The first-order valence-electron chi connectivity index (χ1n) is 5.87. The van der Waals surface area contributed by atoms with Gasteiger partial charge in [0.2, 0.25) is 0 Å². The second-order valence-electron chi connectivity index (χ2n) is 4.24. The van der Waals surface area contributed by atoms with E-state index < -0.39 is 0 Å². The van der Waals surface area contributed by atoms with Crippen molar-refractivity contribution in [1.82, 2.24) is 19.6 Å². The summed E-state index contributed by atoms with van der Waals surface area (Å²) in [7, 11) is 1.94. The van der Waals surface area contributed by atoms with Crippen LogP contribution in [0.25, 0.3) is 0 Å². The zero-order chi connectivity index (χ0) is 12.4. The number of halogens is 1. The molecule has 2 rings (SSSR count). The first-order chi connectivity index (χ1) is 8.11. The maximum Gasteiger partial charge on any atom is 0.124 e. The van der Waals surface area contributed by atoms with Crippen LogP contribution in [0.15, 0.2) is 12.3 Å². The Morgan fingerprint density at radius 2 is 2.06 bits per heavy atom. The third kappa shape index (κ3) is 2.85. The van der Waals surface area contributed by atoms with Gasteiger partial charge in [-0.1, -0.05) is 0 Å². The van der Waals surface area contributed by atoms with Gasteiger partial charge < -0.3 is 5.32 Å². The van der Waals surface area contributed by atoms with E-state index in [2.05, 4.69) is 29.4 Å². The fourth-order valence-corrected chi connectivity index (χ4v) is 1.96. The lowest BCUT2D eigenvalue weighted by molar-refractivity contribution is 0.625. The van der Waals surface area contributed by atoms with Gasteiger partial charge in [-0.15, -0.1) is 12.4 Å². The molecule has 0 saturated heterocycles. The summed E-state index contributed by atoms with van der Waals surface area (Å²) >= 11 is 0. The van der Waals surface area contributed by atoms with Crippen LogP contribution in [-0.4, -0.2) is 19.6 Å². The molecule has 2 aromatic rings. The SMILES string of the molecule is CCn1ncc(C)c1CNc1cc(C)nn1C.Cl. The largest absolute Gasteiger partial charge is 0.365 e. The highest BCUT2D eigenvalue weighted by molar-refractivity contribution is 5.85. The van der Waals surface area contributed by atoms with E-state index in [0.29, 0.717) is 0 Å². The second-order valence-corrected chi connectivity index (χ2v) is 4.24. The summed E-state index contributed by atoms with van der Waals surface area (Å²) in [5.74, 6) is 1.03. The van der Waals surface area contributed by atoms with Gasteiger partial charge in [-0.3, -0.25) is 9.36 Å². The van der Waals surface area contributed by atoms with Gasteiger partial charge in [-0.25, -0.2) is 0 Å². The fraction of sp³-hybridized carbons (Fsp3) is 0.500. The number of rotatable bonds is 4. The Morgan fingerprint density at radius 3 is 2.61 bits per heavy atom. The van der Waals surface area contributed by atoms with Crippen molar-refractivity contribution in [2.45, 2.75) is 33.9 Å². The Bertz CT molecular complexity index is 515. The highest BCUT2D eigenvalue weighted by Gasteiger charge is 2.07. The van der Waals surface area contributed by atoms with Gasteiger partial charge >= 0.3 is 0 Å². The van der Waals surface area contributed by atoms with Crippen LogP contribution in [0.4, 0.5) is 5.82 Å². The molecule has 0 amide bonds. The van der Waals surface area contributed by atoms with Crippen molar-refractivity contribution in [2.24, 2.45) is 7.05 Å². The van der Waals surface area contributed by atoms with E-state index in [1.807, 2.05) is 35.6 Å². The van der Waals surface area contributed by atoms with Crippen LogP contribution >= 0.6 is 12.4 Å². The minimum Gasteiger partial charge on any atom is -0.365 e. The van der Waals surface area contributed by atoms with Gasteiger partial charge in [0.25, 0.3) is 0 Å². The Hall–Kier alpha value is -1.49. The highest BCUT2D eigenvalue weighted by Crippen LogP contribution is 2.12. The molecule has 0 aliphatic heterocycles. The molecule has 0 aliphatic carbocycles. The summed E-state index contributed by atoms with van der Waals surface area (Å²) < 4.78 is 3.88. The standard InChI is InChI=1S/C12H19N5.ClH/c1-5-17-11(9(2)7-14-17)8-13-12-6-10(3)15-16(12)4;/h6-7,13H,5,8H2,1-4H3;1H. The number of hydrogen-bond acceptors (Lipinski definition) is 3. The third-order valence-corrected chi connectivity index (χ3v) is 2.90. The quantitative estimate of drug-likeness (QED) is 0.926. The van der Waals surface area contributed by atoms with E-state index in [1.165, 1.54) is 11.3 Å². The number of anilines is 1. The molecule has 1 N–H and O–H groups in total. The van der Waals surface area contributed by atoms with E-state index in [4.69, 9.17) is 0 Å². The summed E-state index contributed by atoms with van der Waals surface area (Å²) in [6.07, 6.45) is 1.91. The van der Waals surface area contributed by atoms with Crippen molar-refractivity contribution >= 4 is 18.2 Å². The number of hydrogen-bond donors (Lipinski definition) is 1. The number of nitrogens with zero attached hydrogens (tertiary/aromatic N) is 4. The zero-order valence-corrected chi connectivity index (χ0v) is 12.1. The van der Waals surface area contributed by atoms with Gasteiger partial charge in [0.05, 0.1) is 24.1 Å². The molecule has 0 saturated carbocycles. The Labute approximate surface area is 114 Å². The molecule has 0 aliphatic rings. The third-order valence-electron chi connectivity index (χ3n) is 2.90. The van der Waals surface area contributed by atoms with Crippen LogP contribution in [0.1, 0.15) is 23.9 Å². The highest BCUT2D eigenvalue weighted by atomic mass is 35.5. The summed E-state index contributed by atoms with van der Waals surface area (Å²) in [4.78, 5) is 0. The van der Waals surface area contributed by atoms with Crippen molar-refractivity contribution in [1.29, 1.82) is 0 Å². The van der Waals surface area contributed by atoms with Gasteiger partial charge in [0.15, 0.2) is 0 Å². The summed E-state index contributed by atoms with van der Waals surface area (Å²) in [5.41, 5.74) is 3.47. The van der Waals surface area contributed by atoms with E-state index in [-0.39, 0.29) is 12.4 Å². The van der Waals surface area contributed by atoms with E-state index in [1.54, 1.807) is 0 Å². The Kier molecular flexibility index (Phi) is 4.78. The molecule has 0 atom stereocenters. The average molecular weight is 270 g/mol.